The van der Waals surface area contributed by atoms with Crippen molar-refractivity contribution in [1.29, 1.82) is 0 Å². The molecule has 0 aliphatic heterocycles. The SMILES string of the molecule is Cc1ccc(-c2noc(CCC(=O)N(C)CC(=O)NC(C)C)n2)cc1. The fraction of sp³-hybridized carbons (Fsp3) is 0.444. The molecule has 0 saturated carbocycles. The second-order valence-electron chi connectivity index (χ2n) is 6.35. The first-order chi connectivity index (χ1) is 11.8. The average Bonchev–Trinajstić information content (AvgIpc) is 3.01. The van der Waals surface area contributed by atoms with Crippen LogP contribution in [0, 0.1) is 6.92 Å². The van der Waals surface area contributed by atoms with E-state index in [1.807, 2.05) is 45.0 Å². The quantitative estimate of drug-likeness (QED) is 0.829. The van der Waals surface area contributed by atoms with Crippen molar-refractivity contribution < 1.29 is 14.1 Å². The number of hydrogen-bond donors (Lipinski definition) is 1. The molecule has 7 heteroatoms. The number of aryl methyl sites for hydroxylation is 2. The number of aromatic nitrogens is 2. The summed E-state index contributed by atoms with van der Waals surface area (Å²) in [5.74, 6) is 0.593. The van der Waals surface area contributed by atoms with E-state index in [2.05, 4.69) is 15.5 Å². The van der Waals surface area contributed by atoms with Crippen molar-refractivity contribution in [2.24, 2.45) is 0 Å². The average molecular weight is 344 g/mol. The minimum absolute atomic E-state index is 0.0372. The molecule has 0 atom stereocenters. The third-order valence-electron chi connectivity index (χ3n) is 3.59. The summed E-state index contributed by atoms with van der Waals surface area (Å²) < 4.78 is 5.20. The molecule has 2 amide bonds. The zero-order chi connectivity index (χ0) is 18.4. The summed E-state index contributed by atoms with van der Waals surface area (Å²) in [6.45, 7) is 5.80. The molecule has 1 heterocycles. The Kier molecular flexibility index (Phi) is 6.27. The van der Waals surface area contributed by atoms with Crippen LogP contribution < -0.4 is 5.32 Å². The van der Waals surface area contributed by atoms with Crippen LogP contribution in [0.2, 0.25) is 0 Å². The van der Waals surface area contributed by atoms with E-state index < -0.39 is 0 Å². The Bertz CT molecular complexity index is 722. The zero-order valence-electron chi connectivity index (χ0n) is 15.1. The van der Waals surface area contributed by atoms with E-state index in [0.29, 0.717) is 18.1 Å². The second-order valence-corrected chi connectivity index (χ2v) is 6.35. The fourth-order valence-corrected chi connectivity index (χ4v) is 2.25. The number of hydrogen-bond acceptors (Lipinski definition) is 5. The molecule has 25 heavy (non-hydrogen) atoms. The standard InChI is InChI=1S/C18H24N4O3/c1-12(2)19-15(23)11-22(4)17(24)10-9-16-20-18(21-25-16)14-7-5-13(3)6-8-14/h5-8,12H,9-11H2,1-4H3,(H,19,23). The van der Waals surface area contributed by atoms with Gasteiger partial charge in [0, 0.05) is 31.5 Å². The minimum atomic E-state index is -0.176. The lowest BCUT2D eigenvalue weighted by Crippen LogP contribution is -2.40. The maximum atomic E-state index is 12.1. The molecule has 2 aromatic rings. The van der Waals surface area contributed by atoms with Gasteiger partial charge in [-0.2, -0.15) is 4.98 Å². The molecule has 134 valence electrons. The number of rotatable bonds is 7. The number of amides is 2. The Balaban J connectivity index is 1.85. The van der Waals surface area contributed by atoms with Gasteiger partial charge in [-0.1, -0.05) is 35.0 Å². The Morgan fingerprint density at radius 2 is 1.92 bits per heavy atom. The highest BCUT2D eigenvalue weighted by atomic mass is 16.5. The van der Waals surface area contributed by atoms with E-state index in [1.54, 1.807) is 7.05 Å². The Hall–Kier alpha value is -2.70. The summed E-state index contributed by atoms with van der Waals surface area (Å²) in [5, 5.41) is 6.70. The molecule has 1 N–H and O–H groups in total. The molecule has 0 spiro atoms. The van der Waals surface area contributed by atoms with Crippen LogP contribution in [-0.2, 0) is 16.0 Å². The molecule has 0 unspecified atom stereocenters. The number of carbonyl (C=O) groups excluding carboxylic acids is 2. The van der Waals surface area contributed by atoms with E-state index in [9.17, 15) is 9.59 Å². The van der Waals surface area contributed by atoms with Crippen molar-refractivity contribution in [2.45, 2.75) is 39.7 Å². The van der Waals surface area contributed by atoms with Gasteiger partial charge < -0.3 is 14.7 Å². The van der Waals surface area contributed by atoms with Gasteiger partial charge in [0.1, 0.15) is 0 Å². The van der Waals surface area contributed by atoms with Gasteiger partial charge in [-0.05, 0) is 20.8 Å². The van der Waals surface area contributed by atoms with Crippen LogP contribution in [-0.4, -0.2) is 46.5 Å². The normalized spacial score (nSPS) is 10.8. The lowest BCUT2D eigenvalue weighted by atomic mass is 10.1. The lowest BCUT2D eigenvalue weighted by Gasteiger charge is -2.17. The number of benzene rings is 1. The third kappa shape index (κ3) is 5.70. The first-order valence-corrected chi connectivity index (χ1v) is 8.28. The maximum Gasteiger partial charge on any atom is 0.239 e. The smallest absolute Gasteiger partial charge is 0.239 e. The number of likely N-dealkylation sites (N-methyl/N-ethyl adjacent to an activating group) is 1. The molecule has 0 fully saturated rings. The Labute approximate surface area is 147 Å². The molecular formula is C18H24N4O3. The second kappa shape index (κ2) is 8.41. The van der Waals surface area contributed by atoms with E-state index in [4.69, 9.17) is 4.52 Å². The van der Waals surface area contributed by atoms with E-state index in [-0.39, 0.29) is 30.8 Å². The summed E-state index contributed by atoms with van der Waals surface area (Å²) in [6, 6.07) is 7.86. The van der Waals surface area contributed by atoms with Crippen LogP contribution in [0.3, 0.4) is 0 Å². The van der Waals surface area contributed by atoms with Gasteiger partial charge in [0.2, 0.25) is 23.5 Å². The number of nitrogens with one attached hydrogen (secondary N) is 1. The summed E-state index contributed by atoms with van der Waals surface area (Å²) in [5.41, 5.74) is 2.03. The fourth-order valence-electron chi connectivity index (χ4n) is 2.25. The maximum absolute atomic E-state index is 12.1. The van der Waals surface area contributed by atoms with Gasteiger partial charge in [-0.3, -0.25) is 9.59 Å². The zero-order valence-corrected chi connectivity index (χ0v) is 15.1. The Morgan fingerprint density at radius 3 is 2.56 bits per heavy atom. The molecular weight excluding hydrogens is 320 g/mol. The van der Waals surface area contributed by atoms with Gasteiger partial charge in [0.15, 0.2) is 0 Å². The van der Waals surface area contributed by atoms with Crippen molar-refractivity contribution in [3.63, 3.8) is 0 Å². The minimum Gasteiger partial charge on any atom is -0.352 e. The summed E-state index contributed by atoms with van der Waals surface area (Å²) in [7, 11) is 1.60. The summed E-state index contributed by atoms with van der Waals surface area (Å²) in [6.07, 6.45) is 0.550. The van der Waals surface area contributed by atoms with E-state index in [0.717, 1.165) is 11.1 Å². The highest BCUT2D eigenvalue weighted by molar-refractivity contribution is 5.84. The van der Waals surface area contributed by atoms with Crippen LogP contribution in [0.25, 0.3) is 11.4 Å². The van der Waals surface area contributed by atoms with Crippen molar-refractivity contribution in [3.8, 4) is 11.4 Å². The number of carbonyl (C=O) groups is 2. The van der Waals surface area contributed by atoms with Crippen molar-refractivity contribution in [1.82, 2.24) is 20.4 Å². The lowest BCUT2D eigenvalue weighted by molar-refractivity contribution is -0.134. The molecule has 2 rings (SSSR count). The first kappa shape index (κ1) is 18.6. The largest absolute Gasteiger partial charge is 0.352 e. The van der Waals surface area contributed by atoms with E-state index in [1.165, 1.54) is 4.90 Å². The Morgan fingerprint density at radius 1 is 1.24 bits per heavy atom. The van der Waals surface area contributed by atoms with Crippen LogP contribution in [0.4, 0.5) is 0 Å². The van der Waals surface area contributed by atoms with Crippen LogP contribution in [0.15, 0.2) is 28.8 Å². The molecule has 7 nitrogen and oxygen atoms in total. The van der Waals surface area contributed by atoms with E-state index >= 15 is 0 Å². The third-order valence-corrected chi connectivity index (χ3v) is 3.59. The predicted octanol–water partition coefficient (Wildman–Crippen LogP) is 1.96. The summed E-state index contributed by atoms with van der Waals surface area (Å²) in [4.78, 5) is 29.5. The van der Waals surface area contributed by atoms with Crippen LogP contribution in [0.5, 0.6) is 0 Å². The molecule has 0 aliphatic carbocycles. The van der Waals surface area contributed by atoms with Crippen LogP contribution in [0.1, 0.15) is 31.7 Å². The highest BCUT2D eigenvalue weighted by Gasteiger charge is 2.15. The highest BCUT2D eigenvalue weighted by Crippen LogP contribution is 2.16. The first-order valence-electron chi connectivity index (χ1n) is 8.28. The molecule has 0 saturated heterocycles. The molecule has 1 aromatic heterocycles. The van der Waals surface area contributed by atoms with Gasteiger partial charge in [0.25, 0.3) is 0 Å². The van der Waals surface area contributed by atoms with Gasteiger partial charge in [-0.25, -0.2) is 0 Å². The van der Waals surface area contributed by atoms with Crippen molar-refractivity contribution in [3.05, 3.63) is 35.7 Å². The van der Waals surface area contributed by atoms with Gasteiger partial charge >= 0.3 is 0 Å². The predicted molar refractivity (Wildman–Crippen MR) is 93.7 cm³/mol. The molecule has 1 aromatic carbocycles. The molecule has 0 bridgehead atoms. The monoisotopic (exact) mass is 344 g/mol. The number of nitrogens with zero attached hydrogens (tertiary/aromatic N) is 3. The van der Waals surface area contributed by atoms with Crippen molar-refractivity contribution >= 4 is 11.8 Å². The topological polar surface area (TPSA) is 88.3 Å². The summed E-state index contributed by atoms with van der Waals surface area (Å²) >= 11 is 0. The van der Waals surface area contributed by atoms with Gasteiger partial charge in [-0.15, -0.1) is 0 Å². The van der Waals surface area contributed by atoms with Gasteiger partial charge in [0.05, 0.1) is 6.54 Å². The van der Waals surface area contributed by atoms with Crippen LogP contribution >= 0.6 is 0 Å². The molecule has 0 radical (unpaired) electrons. The van der Waals surface area contributed by atoms with Crippen molar-refractivity contribution in [2.75, 3.05) is 13.6 Å². The molecule has 0 aliphatic rings.